The molecule has 0 spiro atoms. The number of ether oxygens (including phenoxy) is 1. The molecule has 1 heterocycles. The zero-order chi connectivity index (χ0) is 18.4. The van der Waals surface area contributed by atoms with E-state index in [4.69, 9.17) is 20.9 Å². The van der Waals surface area contributed by atoms with E-state index in [-0.39, 0.29) is 12.3 Å². The van der Waals surface area contributed by atoms with Crippen LogP contribution in [0.15, 0.2) is 53.1 Å². The van der Waals surface area contributed by atoms with Gasteiger partial charge in [-0.1, -0.05) is 41.0 Å². The third kappa shape index (κ3) is 4.61. The van der Waals surface area contributed by atoms with E-state index in [0.29, 0.717) is 35.5 Å². The number of carbonyl (C=O) groups is 1. The van der Waals surface area contributed by atoms with Crippen LogP contribution in [0.25, 0.3) is 11.4 Å². The average Bonchev–Trinajstić information content (AvgIpc) is 3.14. The summed E-state index contributed by atoms with van der Waals surface area (Å²) < 4.78 is 10.5. The Kier molecular flexibility index (Phi) is 5.86. The van der Waals surface area contributed by atoms with Crippen molar-refractivity contribution in [3.63, 3.8) is 0 Å². The Morgan fingerprint density at radius 2 is 1.96 bits per heavy atom. The van der Waals surface area contributed by atoms with Gasteiger partial charge in [0.15, 0.2) is 0 Å². The van der Waals surface area contributed by atoms with Gasteiger partial charge in [-0.3, -0.25) is 4.79 Å². The van der Waals surface area contributed by atoms with E-state index in [9.17, 15) is 4.79 Å². The number of halogens is 1. The van der Waals surface area contributed by atoms with Crippen LogP contribution in [0.5, 0.6) is 5.75 Å². The molecular formula is C19H18ClN3O3. The van der Waals surface area contributed by atoms with Crippen molar-refractivity contribution in [3.8, 4) is 17.1 Å². The molecule has 3 rings (SSSR count). The van der Waals surface area contributed by atoms with Crippen molar-refractivity contribution in [3.05, 3.63) is 65.0 Å². The highest BCUT2D eigenvalue weighted by molar-refractivity contribution is 6.30. The zero-order valence-corrected chi connectivity index (χ0v) is 15.0. The van der Waals surface area contributed by atoms with Gasteiger partial charge in [-0.25, -0.2) is 0 Å². The highest BCUT2D eigenvalue weighted by Crippen LogP contribution is 2.27. The molecule has 7 heteroatoms. The SMILES string of the molecule is COc1ccccc1-c1noc(CCC(=O)NCc2ccc(Cl)cc2)n1. The molecule has 0 fully saturated rings. The Morgan fingerprint density at radius 1 is 1.19 bits per heavy atom. The van der Waals surface area contributed by atoms with Gasteiger partial charge in [-0.15, -0.1) is 0 Å². The lowest BCUT2D eigenvalue weighted by atomic mass is 10.2. The van der Waals surface area contributed by atoms with E-state index in [1.54, 1.807) is 19.2 Å². The van der Waals surface area contributed by atoms with Crippen LogP contribution in [-0.2, 0) is 17.8 Å². The fourth-order valence-corrected chi connectivity index (χ4v) is 2.53. The summed E-state index contributed by atoms with van der Waals surface area (Å²) in [5, 5.41) is 7.49. The molecule has 1 aromatic heterocycles. The van der Waals surface area contributed by atoms with E-state index in [2.05, 4.69) is 15.5 Å². The van der Waals surface area contributed by atoms with Gasteiger partial charge in [0.2, 0.25) is 17.6 Å². The number of amides is 1. The molecule has 1 amide bonds. The molecule has 0 saturated heterocycles. The van der Waals surface area contributed by atoms with Gasteiger partial charge in [0.25, 0.3) is 0 Å². The normalized spacial score (nSPS) is 10.5. The minimum absolute atomic E-state index is 0.0861. The molecule has 0 saturated carbocycles. The van der Waals surface area contributed by atoms with Gasteiger partial charge in [0.1, 0.15) is 5.75 Å². The van der Waals surface area contributed by atoms with Crippen LogP contribution in [0.2, 0.25) is 5.02 Å². The number of methoxy groups -OCH3 is 1. The largest absolute Gasteiger partial charge is 0.496 e. The average molecular weight is 372 g/mol. The number of rotatable bonds is 7. The molecule has 3 aromatic rings. The first-order valence-electron chi connectivity index (χ1n) is 8.13. The van der Waals surface area contributed by atoms with Gasteiger partial charge in [0.05, 0.1) is 12.7 Å². The number of nitrogens with one attached hydrogen (secondary N) is 1. The maximum absolute atomic E-state index is 12.0. The Labute approximate surface area is 156 Å². The lowest BCUT2D eigenvalue weighted by molar-refractivity contribution is -0.121. The fraction of sp³-hybridized carbons (Fsp3) is 0.211. The van der Waals surface area contributed by atoms with Gasteiger partial charge < -0.3 is 14.6 Å². The number of para-hydroxylation sites is 1. The lowest BCUT2D eigenvalue weighted by Gasteiger charge is -2.04. The topological polar surface area (TPSA) is 77.2 Å². The molecule has 0 aliphatic rings. The molecule has 0 aliphatic carbocycles. The Balaban J connectivity index is 1.53. The molecule has 6 nitrogen and oxygen atoms in total. The quantitative estimate of drug-likeness (QED) is 0.686. The zero-order valence-electron chi connectivity index (χ0n) is 14.2. The smallest absolute Gasteiger partial charge is 0.227 e. The summed E-state index contributed by atoms with van der Waals surface area (Å²) in [6.07, 6.45) is 0.635. The van der Waals surface area contributed by atoms with Crippen LogP contribution in [-0.4, -0.2) is 23.2 Å². The number of benzene rings is 2. The van der Waals surface area contributed by atoms with Crippen molar-refractivity contribution >= 4 is 17.5 Å². The maximum atomic E-state index is 12.0. The highest BCUT2D eigenvalue weighted by Gasteiger charge is 2.13. The second-order valence-electron chi connectivity index (χ2n) is 5.62. The predicted octanol–water partition coefficient (Wildman–Crippen LogP) is 3.65. The van der Waals surface area contributed by atoms with E-state index < -0.39 is 0 Å². The van der Waals surface area contributed by atoms with Crippen molar-refractivity contribution < 1.29 is 14.1 Å². The van der Waals surface area contributed by atoms with Crippen molar-refractivity contribution in [1.29, 1.82) is 0 Å². The highest BCUT2D eigenvalue weighted by atomic mass is 35.5. The number of carbonyl (C=O) groups excluding carboxylic acids is 1. The summed E-state index contributed by atoms with van der Waals surface area (Å²) in [4.78, 5) is 16.3. The molecule has 0 unspecified atom stereocenters. The van der Waals surface area contributed by atoms with Gasteiger partial charge >= 0.3 is 0 Å². The van der Waals surface area contributed by atoms with Crippen LogP contribution >= 0.6 is 11.6 Å². The van der Waals surface area contributed by atoms with Crippen molar-refractivity contribution in [1.82, 2.24) is 15.5 Å². The number of hydrogen-bond acceptors (Lipinski definition) is 5. The Hall–Kier alpha value is -2.86. The minimum Gasteiger partial charge on any atom is -0.496 e. The third-order valence-electron chi connectivity index (χ3n) is 3.78. The van der Waals surface area contributed by atoms with Crippen LogP contribution in [0, 0.1) is 0 Å². The van der Waals surface area contributed by atoms with Gasteiger partial charge in [0, 0.05) is 24.4 Å². The number of aromatic nitrogens is 2. The Bertz CT molecular complexity index is 878. The van der Waals surface area contributed by atoms with Crippen LogP contribution < -0.4 is 10.1 Å². The van der Waals surface area contributed by atoms with Crippen molar-refractivity contribution in [2.75, 3.05) is 7.11 Å². The third-order valence-corrected chi connectivity index (χ3v) is 4.04. The summed E-state index contributed by atoms with van der Waals surface area (Å²) in [6, 6.07) is 14.8. The van der Waals surface area contributed by atoms with E-state index in [1.165, 1.54) is 0 Å². The summed E-state index contributed by atoms with van der Waals surface area (Å²) in [5.74, 6) is 1.43. The van der Waals surface area contributed by atoms with Crippen LogP contribution in [0.4, 0.5) is 0 Å². The number of nitrogens with zero attached hydrogens (tertiary/aromatic N) is 2. The molecule has 1 N–H and O–H groups in total. The van der Waals surface area contributed by atoms with Crippen LogP contribution in [0.1, 0.15) is 17.9 Å². The van der Waals surface area contributed by atoms with Gasteiger partial charge in [-0.05, 0) is 29.8 Å². The fourth-order valence-electron chi connectivity index (χ4n) is 2.41. The van der Waals surface area contributed by atoms with Crippen LogP contribution in [0.3, 0.4) is 0 Å². The summed E-state index contributed by atoms with van der Waals surface area (Å²) >= 11 is 5.84. The first-order valence-corrected chi connectivity index (χ1v) is 8.50. The molecule has 0 atom stereocenters. The Morgan fingerprint density at radius 3 is 2.73 bits per heavy atom. The molecular weight excluding hydrogens is 354 g/mol. The first-order chi connectivity index (χ1) is 12.7. The van der Waals surface area contributed by atoms with Gasteiger partial charge in [-0.2, -0.15) is 4.98 Å². The molecule has 26 heavy (non-hydrogen) atoms. The second kappa shape index (κ2) is 8.49. The molecule has 0 radical (unpaired) electrons. The molecule has 134 valence electrons. The molecule has 2 aromatic carbocycles. The molecule has 0 aliphatic heterocycles. The first kappa shape index (κ1) is 17.9. The number of aryl methyl sites for hydroxylation is 1. The van der Waals surface area contributed by atoms with E-state index in [0.717, 1.165) is 11.1 Å². The van der Waals surface area contributed by atoms with E-state index >= 15 is 0 Å². The summed E-state index contributed by atoms with van der Waals surface area (Å²) in [5.41, 5.74) is 1.73. The predicted molar refractivity (Wildman–Crippen MR) is 97.9 cm³/mol. The molecule has 0 bridgehead atoms. The van der Waals surface area contributed by atoms with E-state index in [1.807, 2.05) is 36.4 Å². The summed E-state index contributed by atoms with van der Waals surface area (Å²) in [7, 11) is 1.59. The van der Waals surface area contributed by atoms with Crippen molar-refractivity contribution in [2.24, 2.45) is 0 Å². The summed E-state index contributed by atoms with van der Waals surface area (Å²) in [6.45, 7) is 0.451. The second-order valence-corrected chi connectivity index (χ2v) is 6.05. The maximum Gasteiger partial charge on any atom is 0.227 e. The monoisotopic (exact) mass is 371 g/mol. The minimum atomic E-state index is -0.0861. The number of hydrogen-bond donors (Lipinski definition) is 1. The lowest BCUT2D eigenvalue weighted by Crippen LogP contribution is -2.23. The standard InChI is InChI=1S/C19H18ClN3O3/c1-25-16-5-3-2-4-15(16)19-22-18(26-23-19)11-10-17(24)21-12-13-6-8-14(20)9-7-13/h2-9H,10-12H2,1H3,(H,21,24). The van der Waals surface area contributed by atoms with Crippen molar-refractivity contribution in [2.45, 2.75) is 19.4 Å².